The zero-order valence-electron chi connectivity index (χ0n) is 23.4. The summed E-state index contributed by atoms with van der Waals surface area (Å²) in [4.78, 5) is 36.7. The van der Waals surface area contributed by atoms with Gasteiger partial charge in [0.15, 0.2) is 5.76 Å². The maximum atomic E-state index is 13.4. The van der Waals surface area contributed by atoms with Crippen LogP contribution in [0.2, 0.25) is 0 Å². The summed E-state index contributed by atoms with van der Waals surface area (Å²) in [6.45, 7) is 4.01. The number of fused-ring (bicyclic) bond motifs is 1. The highest BCUT2D eigenvalue weighted by molar-refractivity contribution is 5.85. The molecule has 8 nitrogen and oxygen atoms in total. The number of oxazole rings is 1. The van der Waals surface area contributed by atoms with Crippen molar-refractivity contribution in [2.75, 3.05) is 27.2 Å². The Labute approximate surface area is 230 Å². The fraction of sp³-hybridized carbons (Fsp3) is 0.548. The smallest absolute Gasteiger partial charge is 0.224 e. The molecule has 0 unspecified atom stereocenters. The van der Waals surface area contributed by atoms with Gasteiger partial charge in [-0.05, 0) is 69.8 Å². The van der Waals surface area contributed by atoms with Crippen LogP contribution >= 0.6 is 0 Å². The first-order valence-corrected chi connectivity index (χ1v) is 14.3. The maximum Gasteiger partial charge on any atom is 0.224 e. The molecule has 2 fully saturated rings. The predicted octanol–water partition coefficient (Wildman–Crippen LogP) is 5.72. The number of hydrogen-bond acceptors (Lipinski definition) is 7. The van der Waals surface area contributed by atoms with Crippen LogP contribution in [0.15, 0.2) is 40.9 Å². The number of likely N-dealkylation sites (tertiary alicyclic amines) is 1. The minimum Gasteiger partial charge on any atom is -0.480 e. The number of carbonyl (C=O) groups excluding carboxylic acids is 2. The predicted molar refractivity (Wildman–Crippen MR) is 150 cm³/mol. The fourth-order valence-electron chi connectivity index (χ4n) is 5.89. The first kappa shape index (κ1) is 27.3. The molecule has 1 saturated heterocycles. The van der Waals surface area contributed by atoms with Crippen molar-refractivity contribution in [3.05, 3.63) is 42.4 Å². The number of ether oxygens (including phenoxy) is 1. The van der Waals surface area contributed by atoms with Gasteiger partial charge in [0.1, 0.15) is 11.8 Å². The zero-order chi connectivity index (χ0) is 27.4. The second-order valence-electron chi connectivity index (χ2n) is 11.3. The SMILES string of the molecule is CCC(=O)CCCCC[C@H](NC(=O)[C@H]1CC12CCN(C)CC2)c1ncc(-c2cc3ccccc3nc2OC)o1. The van der Waals surface area contributed by atoms with E-state index in [1.165, 1.54) is 0 Å². The van der Waals surface area contributed by atoms with E-state index in [-0.39, 0.29) is 23.3 Å². The number of amides is 1. The van der Waals surface area contributed by atoms with Crippen LogP contribution in [-0.2, 0) is 9.59 Å². The van der Waals surface area contributed by atoms with Crippen LogP contribution in [0.25, 0.3) is 22.2 Å². The summed E-state index contributed by atoms with van der Waals surface area (Å²) in [6.07, 6.45) is 9.40. The van der Waals surface area contributed by atoms with Crippen molar-refractivity contribution in [1.82, 2.24) is 20.2 Å². The minimum atomic E-state index is -0.323. The number of aromatic nitrogens is 2. The second kappa shape index (κ2) is 11.9. The molecule has 1 spiro atoms. The normalized spacial score (nSPS) is 19.2. The number of nitrogens with one attached hydrogen (secondary N) is 1. The van der Waals surface area contributed by atoms with Crippen LogP contribution in [0.1, 0.15) is 76.6 Å². The number of hydrogen-bond donors (Lipinski definition) is 1. The molecular formula is C31H40N4O4. The van der Waals surface area contributed by atoms with E-state index >= 15 is 0 Å². The van der Waals surface area contributed by atoms with Gasteiger partial charge < -0.3 is 19.4 Å². The Kier molecular flexibility index (Phi) is 8.31. The van der Waals surface area contributed by atoms with Crippen molar-refractivity contribution in [2.45, 2.75) is 70.8 Å². The number of nitrogens with zero attached hydrogens (tertiary/aromatic N) is 3. The number of Topliss-reactive ketones (excluding diaryl/α,β-unsaturated/α-hetero) is 1. The number of carbonyl (C=O) groups is 2. The number of rotatable bonds is 12. The van der Waals surface area contributed by atoms with Gasteiger partial charge in [0.2, 0.25) is 17.7 Å². The minimum absolute atomic E-state index is 0.0649. The Balaban J connectivity index is 1.32. The van der Waals surface area contributed by atoms with Crippen LogP contribution in [0, 0.1) is 11.3 Å². The van der Waals surface area contributed by atoms with E-state index in [2.05, 4.69) is 27.2 Å². The third kappa shape index (κ3) is 6.16. The zero-order valence-corrected chi connectivity index (χ0v) is 23.4. The van der Waals surface area contributed by atoms with Gasteiger partial charge in [0, 0.05) is 24.1 Å². The molecule has 208 valence electrons. The third-order valence-electron chi connectivity index (χ3n) is 8.62. The lowest BCUT2D eigenvalue weighted by Crippen LogP contribution is -2.36. The van der Waals surface area contributed by atoms with Crippen molar-refractivity contribution in [3.63, 3.8) is 0 Å². The average Bonchev–Trinajstić information content (AvgIpc) is 3.44. The number of benzene rings is 1. The highest BCUT2D eigenvalue weighted by Crippen LogP contribution is 2.59. The lowest BCUT2D eigenvalue weighted by atomic mass is 9.91. The third-order valence-corrected chi connectivity index (χ3v) is 8.62. The molecule has 5 rings (SSSR count). The molecule has 0 radical (unpaired) electrons. The van der Waals surface area contributed by atoms with Crippen molar-refractivity contribution in [2.24, 2.45) is 11.3 Å². The summed E-state index contributed by atoms with van der Waals surface area (Å²) in [5, 5.41) is 4.27. The highest BCUT2D eigenvalue weighted by Gasteiger charge is 2.58. The summed E-state index contributed by atoms with van der Waals surface area (Å²) < 4.78 is 11.9. The number of ketones is 1. The summed E-state index contributed by atoms with van der Waals surface area (Å²) >= 11 is 0. The van der Waals surface area contributed by atoms with Crippen LogP contribution in [0.4, 0.5) is 0 Å². The van der Waals surface area contributed by atoms with Gasteiger partial charge >= 0.3 is 0 Å². The van der Waals surface area contributed by atoms with E-state index in [9.17, 15) is 9.59 Å². The number of para-hydroxylation sites is 1. The number of pyridine rings is 1. The average molecular weight is 533 g/mol. The van der Waals surface area contributed by atoms with E-state index in [1.807, 2.05) is 37.3 Å². The summed E-state index contributed by atoms with van der Waals surface area (Å²) in [5.74, 6) is 2.00. The van der Waals surface area contributed by atoms with Gasteiger partial charge in [-0.2, -0.15) is 0 Å². The number of piperidine rings is 1. The quantitative estimate of drug-likeness (QED) is 0.298. The highest BCUT2D eigenvalue weighted by atomic mass is 16.5. The first-order valence-electron chi connectivity index (χ1n) is 14.3. The first-order chi connectivity index (χ1) is 18.9. The molecule has 3 aromatic rings. The Morgan fingerprint density at radius 1 is 1.21 bits per heavy atom. The molecule has 2 atom stereocenters. The summed E-state index contributed by atoms with van der Waals surface area (Å²) in [5.41, 5.74) is 1.73. The Hall–Kier alpha value is -3.26. The topological polar surface area (TPSA) is 97.6 Å². The molecule has 1 aromatic carbocycles. The number of methoxy groups -OCH3 is 1. The molecule has 2 aliphatic rings. The lowest BCUT2D eigenvalue weighted by Gasteiger charge is -2.30. The van der Waals surface area contributed by atoms with E-state index in [1.54, 1.807) is 13.3 Å². The van der Waals surface area contributed by atoms with E-state index in [0.717, 1.165) is 68.1 Å². The summed E-state index contributed by atoms with van der Waals surface area (Å²) in [7, 11) is 3.74. The maximum absolute atomic E-state index is 13.4. The van der Waals surface area contributed by atoms with Gasteiger partial charge in [-0.15, -0.1) is 0 Å². The van der Waals surface area contributed by atoms with Crippen LogP contribution < -0.4 is 10.1 Å². The van der Waals surface area contributed by atoms with Crippen molar-refractivity contribution >= 4 is 22.6 Å². The monoisotopic (exact) mass is 532 g/mol. The number of unbranched alkanes of at least 4 members (excludes halogenated alkanes) is 2. The van der Waals surface area contributed by atoms with Crippen LogP contribution in [0.5, 0.6) is 5.88 Å². The molecule has 1 aliphatic heterocycles. The molecule has 1 aliphatic carbocycles. The van der Waals surface area contributed by atoms with E-state index in [0.29, 0.717) is 42.6 Å². The molecular weight excluding hydrogens is 492 g/mol. The molecule has 0 bridgehead atoms. The molecule has 1 N–H and O–H groups in total. The molecule has 1 saturated carbocycles. The Morgan fingerprint density at radius 2 is 2.00 bits per heavy atom. The lowest BCUT2D eigenvalue weighted by molar-refractivity contribution is -0.124. The fourth-order valence-corrected chi connectivity index (χ4v) is 5.89. The second-order valence-corrected chi connectivity index (χ2v) is 11.3. The van der Waals surface area contributed by atoms with Gasteiger partial charge in [0.25, 0.3) is 0 Å². The molecule has 1 amide bonds. The van der Waals surface area contributed by atoms with Gasteiger partial charge in [0.05, 0.1) is 24.4 Å². The molecule has 8 heteroatoms. The standard InChI is InChI=1S/C31H40N4O4/c1-4-22(36)11-6-5-7-13-26(33-28(37)24-19-31(24)14-16-35(2)17-15-31)30-32-20-27(39-30)23-18-21-10-8-9-12-25(21)34-29(23)38-3/h8-10,12,18,20,24,26H,4-7,11,13-17,19H2,1-3H3,(H,33,37)/t24-,26+/m1/s1. The van der Waals surface area contributed by atoms with Crippen LogP contribution in [-0.4, -0.2) is 53.8 Å². The molecule has 2 aromatic heterocycles. The molecule has 39 heavy (non-hydrogen) atoms. The van der Waals surface area contributed by atoms with Crippen molar-refractivity contribution in [3.8, 4) is 17.2 Å². The van der Waals surface area contributed by atoms with E-state index in [4.69, 9.17) is 9.15 Å². The molecule has 3 heterocycles. The Bertz CT molecular complexity index is 1310. The van der Waals surface area contributed by atoms with Crippen molar-refractivity contribution in [1.29, 1.82) is 0 Å². The largest absolute Gasteiger partial charge is 0.480 e. The van der Waals surface area contributed by atoms with Gasteiger partial charge in [-0.1, -0.05) is 38.0 Å². The van der Waals surface area contributed by atoms with Crippen molar-refractivity contribution < 1.29 is 18.7 Å². The van der Waals surface area contributed by atoms with Gasteiger partial charge in [-0.25, -0.2) is 9.97 Å². The van der Waals surface area contributed by atoms with Crippen LogP contribution in [0.3, 0.4) is 0 Å². The summed E-state index contributed by atoms with van der Waals surface area (Å²) in [6, 6.07) is 9.54. The Morgan fingerprint density at radius 3 is 2.77 bits per heavy atom. The van der Waals surface area contributed by atoms with Gasteiger partial charge in [-0.3, -0.25) is 9.59 Å². The van der Waals surface area contributed by atoms with E-state index < -0.39 is 0 Å².